The Bertz CT molecular complexity index is 414. The number of para-hydroxylation sites is 1. The summed E-state index contributed by atoms with van der Waals surface area (Å²) in [6, 6.07) is 6.30. The van der Waals surface area contributed by atoms with Gasteiger partial charge in [0.1, 0.15) is 5.82 Å². The zero-order chi connectivity index (χ0) is 13.5. The van der Waals surface area contributed by atoms with Crippen LogP contribution in [-0.4, -0.2) is 25.5 Å². The molecule has 2 rings (SSSR count). The molecule has 0 bridgehead atoms. The molecular formula is C15H22FN2O+. The van der Waals surface area contributed by atoms with Gasteiger partial charge in [-0.15, -0.1) is 0 Å². The molecule has 1 aliphatic heterocycles. The van der Waals surface area contributed by atoms with Crippen molar-refractivity contribution in [3.05, 3.63) is 30.1 Å². The van der Waals surface area contributed by atoms with Crippen molar-refractivity contribution < 1.29 is 14.1 Å². The number of nitrogens with one attached hydrogen (secondary N) is 2. The number of rotatable bonds is 3. The maximum absolute atomic E-state index is 13.4. The molecule has 1 amide bonds. The Morgan fingerprint density at radius 3 is 2.42 bits per heavy atom. The minimum absolute atomic E-state index is 0.0966. The van der Waals surface area contributed by atoms with Crippen molar-refractivity contribution in [1.82, 2.24) is 0 Å². The topological polar surface area (TPSA) is 33.5 Å². The van der Waals surface area contributed by atoms with Crippen LogP contribution in [0.3, 0.4) is 0 Å². The Balaban J connectivity index is 1.84. The first-order valence-corrected chi connectivity index (χ1v) is 7.13. The number of hydrogen-bond donors (Lipinski definition) is 2. The van der Waals surface area contributed by atoms with Gasteiger partial charge < -0.3 is 10.2 Å². The average Bonchev–Trinajstić information content (AvgIpc) is 2.35. The fourth-order valence-corrected chi connectivity index (χ4v) is 2.57. The molecule has 1 aromatic rings. The largest absolute Gasteiger partial charge is 0.327 e. The maximum atomic E-state index is 13.4. The number of halogens is 1. The van der Waals surface area contributed by atoms with E-state index in [2.05, 4.69) is 5.32 Å². The normalized spacial score (nSPS) is 17.5. The van der Waals surface area contributed by atoms with Gasteiger partial charge in [0, 0.05) is 0 Å². The number of quaternary nitrogens is 1. The summed E-state index contributed by atoms with van der Waals surface area (Å²) in [5, 5.41) is 2.66. The number of benzene rings is 1. The van der Waals surface area contributed by atoms with Crippen LogP contribution >= 0.6 is 0 Å². The second-order valence-corrected chi connectivity index (χ2v) is 5.22. The maximum Gasteiger partial charge on any atom is 0.279 e. The lowest BCUT2D eigenvalue weighted by atomic mass is 10.1. The lowest BCUT2D eigenvalue weighted by Gasteiger charge is -2.21. The van der Waals surface area contributed by atoms with Gasteiger partial charge in [0.15, 0.2) is 6.54 Å². The van der Waals surface area contributed by atoms with Crippen molar-refractivity contribution in [2.75, 3.05) is 25.0 Å². The minimum Gasteiger partial charge on any atom is -0.327 e. The van der Waals surface area contributed by atoms with Crippen molar-refractivity contribution in [2.45, 2.75) is 32.1 Å². The average molecular weight is 265 g/mol. The molecule has 0 radical (unpaired) electrons. The van der Waals surface area contributed by atoms with Crippen LogP contribution in [-0.2, 0) is 4.79 Å². The third kappa shape index (κ3) is 4.63. The van der Waals surface area contributed by atoms with Crippen LogP contribution in [0.15, 0.2) is 24.3 Å². The van der Waals surface area contributed by atoms with E-state index in [0.717, 1.165) is 13.1 Å². The molecule has 0 saturated carbocycles. The monoisotopic (exact) mass is 265 g/mol. The summed E-state index contributed by atoms with van der Waals surface area (Å²) in [6.07, 6.45) is 6.20. The van der Waals surface area contributed by atoms with Gasteiger partial charge in [0.25, 0.3) is 5.91 Å². The third-order valence-electron chi connectivity index (χ3n) is 3.62. The van der Waals surface area contributed by atoms with E-state index in [1.807, 2.05) is 0 Å². The SMILES string of the molecule is O=C(C[NH+]1CCCCCCC1)Nc1ccccc1F. The molecule has 1 fully saturated rings. The van der Waals surface area contributed by atoms with Crippen LogP contribution in [0.5, 0.6) is 0 Å². The van der Waals surface area contributed by atoms with E-state index < -0.39 is 0 Å². The number of carbonyl (C=O) groups is 1. The number of anilines is 1. The van der Waals surface area contributed by atoms with E-state index in [1.165, 1.54) is 43.1 Å². The summed E-state index contributed by atoms with van der Waals surface area (Å²) < 4.78 is 13.4. The van der Waals surface area contributed by atoms with Crippen LogP contribution in [0.2, 0.25) is 0 Å². The van der Waals surface area contributed by atoms with E-state index in [9.17, 15) is 9.18 Å². The van der Waals surface area contributed by atoms with Crippen molar-refractivity contribution in [3.63, 3.8) is 0 Å². The minimum atomic E-state index is -0.376. The number of likely N-dealkylation sites (tertiary alicyclic amines) is 1. The zero-order valence-electron chi connectivity index (χ0n) is 11.3. The summed E-state index contributed by atoms with van der Waals surface area (Å²) in [5.74, 6) is -0.473. The van der Waals surface area contributed by atoms with E-state index in [4.69, 9.17) is 0 Å². The molecule has 1 heterocycles. The first-order chi connectivity index (χ1) is 9.25. The first kappa shape index (κ1) is 14.0. The molecule has 104 valence electrons. The Kier molecular flexibility index (Phi) is 5.33. The summed E-state index contributed by atoms with van der Waals surface area (Å²) in [4.78, 5) is 13.2. The molecule has 19 heavy (non-hydrogen) atoms. The predicted molar refractivity (Wildman–Crippen MR) is 73.7 cm³/mol. The molecule has 0 aromatic heterocycles. The van der Waals surface area contributed by atoms with Crippen LogP contribution in [0, 0.1) is 5.82 Å². The first-order valence-electron chi connectivity index (χ1n) is 7.13. The molecule has 2 N–H and O–H groups in total. The molecule has 1 aliphatic rings. The third-order valence-corrected chi connectivity index (χ3v) is 3.62. The standard InChI is InChI=1S/C15H21FN2O/c16-13-8-4-5-9-14(13)17-15(19)12-18-10-6-2-1-3-7-11-18/h4-5,8-9H,1-3,6-7,10-12H2,(H,17,19)/p+1. The Hall–Kier alpha value is -1.42. The van der Waals surface area contributed by atoms with E-state index in [1.54, 1.807) is 18.2 Å². The van der Waals surface area contributed by atoms with E-state index >= 15 is 0 Å². The molecule has 3 nitrogen and oxygen atoms in total. The Morgan fingerprint density at radius 2 is 1.74 bits per heavy atom. The quantitative estimate of drug-likeness (QED) is 0.855. The highest BCUT2D eigenvalue weighted by Gasteiger charge is 2.16. The molecule has 0 atom stereocenters. The molecule has 1 saturated heterocycles. The highest BCUT2D eigenvalue weighted by molar-refractivity contribution is 5.91. The Morgan fingerprint density at radius 1 is 1.11 bits per heavy atom. The highest BCUT2D eigenvalue weighted by Crippen LogP contribution is 2.11. The van der Waals surface area contributed by atoms with Crippen LogP contribution < -0.4 is 10.2 Å². The number of hydrogen-bond acceptors (Lipinski definition) is 1. The molecule has 0 aliphatic carbocycles. The number of carbonyl (C=O) groups excluding carboxylic acids is 1. The summed E-state index contributed by atoms with van der Waals surface area (Å²) >= 11 is 0. The fraction of sp³-hybridized carbons (Fsp3) is 0.533. The van der Waals surface area contributed by atoms with Gasteiger partial charge in [-0.3, -0.25) is 4.79 Å². The van der Waals surface area contributed by atoms with Crippen molar-refractivity contribution in [2.24, 2.45) is 0 Å². The van der Waals surface area contributed by atoms with Gasteiger partial charge in [0.05, 0.1) is 18.8 Å². The van der Waals surface area contributed by atoms with Gasteiger partial charge in [-0.05, 0) is 37.8 Å². The van der Waals surface area contributed by atoms with Crippen LogP contribution in [0.25, 0.3) is 0 Å². The van der Waals surface area contributed by atoms with Crippen molar-refractivity contribution >= 4 is 11.6 Å². The van der Waals surface area contributed by atoms with Crippen LogP contribution in [0.1, 0.15) is 32.1 Å². The molecule has 4 heteroatoms. The molecule has 0 unspecified atom stereocenters. The Labute approximate surface area is 113 Å². The summed E-state index contributed by atoms with van der Waals surface area (Å²) in [7, 11) is 0. The van der Waals surface area contributed by atoms with Gasteiger partial charge in [-0.2, -0.15) is 0 Å². The van der Waals surface area contributed by atoms with Gasteiger partial charge in [0.2, 0.25) is 0 Å². The smallest absolute Gasteiger partial charge is 0.279 e. The van der Waals surface area contributed by atoms with Gasteiger partial charge >= 0.3 is 0 Å². The van der Waals surface area contributed by atoms with E-state index in [-0.39, 0.29) is 17.4 Å². The zero-order valence-corrected chi connectivity index (χ0v) is 11.3. The molecule has 1 aromatic carbocycles. The fourth-order valence-electron chi connectivity index (χ4n) is 2.57. The van der Waals surface area contributed by atoms with Crippen LogP contribution in [0.4, 0.5) is 10.1 Å². The van der Waals surface area contributed by atoms with Gasteiger partial charge in [-0.25, -0.2) is 4.39 Å². The van der Waals surface area contributed by atoms with Crippen molar-refractivity contribution in [1.29, 1.82) is 0 Å². The predicted octanol–water partition coefficient (Wildman–Crippen LogP) is 1.61. The van der Waals surface area contributed by atoms with E-state index in [0.29, 0.717) is 6.54 Å². The number of amides is 1. The summed E-state index contributed by atoms with van der Waals surface area (Å²) in [6.45, 7) is 2.53. The second-order valence-electron chi connectivity index (χ2n) is 5.22. The molecular weight excluding hydrogens is 243 g/mol. The lowest BCUT2D eigenvalue weighted by Crippen LogP contribution is -3.13. The van der Waals surface area contributed by atoms with Gasteiger partial charge in [-0.1, -0.05) is 18.6 Å². The lowest BCUT2D eigenvalue weighted by molar-refractivity contribution is -0.892. The summed E-state index contributed by atoms with van der Waals surface area (Å²) in [5.41, 5.74) is 0.277. The van der Waals surface area contributed by atoms with Crippen molar-refractivity contribution in [3.8, 4) is 0 Å². The highest BCUT2D eigenvalue weighted by atomic mass is 19.1. The molecule has 0 spiro atoms. The second kappa shape index (κ2) is 7.24.